The molecule has 0 aliphatic rings. The molecule has 0 heterocycles. The van der Waals surface area contributed by atoms with Crippen LogP contribution in [0.5, 0.6) is 17.2 Å². The Morgan fingerprint density at radius 3 is 2.30 bits per heavy atom. The van der Waals surface area contributed by atoms with Crippen LogP contribution in [0, 0.1) is 6.92 Å². The summed E-state index contributed by atoms with van der Waals surface area (Å²) in [6.07, 6.45) is 4.89. The molecule has 0 fully saturated rings. The molecule has 0 radical (unpaired) electrons. The summed E-state index contributed by atoms with van der Waals surface area (Å²) in [5, 5.41) is 31.6. The van der Waals surface area contributed by atoms with Crippen LogP contribution in [-0.2, 0) is 0 Å². The number of nitrogens with one attached hydrogen (secondary N) is 1. The Morgan fingerprint density at radius 2 is 1.70 bits per heavy atom. The molecule has 2 rings (SSSR count). The fourth-order valence-electron chi connectivity index (χ4n) is 1.77. The summed E-state index contributed by atoms with van der Waals surface area (Å²) >= 11 is 0. The van der Waals surface area contributed by atoms with Crippen LogP contribution >= 0.6 is 0 Å². The number of allylic oxidation sites excluding steroid dienone is 1. The molecular weight excluding hydrogens is 296 g/mol. The average Bonchev–Trinajstić information content (AvgIpc) is 2.53. The smallest absolute Gasteiger partial charge is 0.271 e. The van der Waals surface area contributed by atoms with Crippen LogP contribution < -0.4 is 5.43 Å². The monoisotopic (exact) mass is 312 g/mol. The molecule has 2 aromatic carbocycles. The topological polar surface area (TPSA) is 102 Å². The van der Waals surface area contributed by atoms with E-state index in [9.17, 15) is 20.1 Å². The number of rotatable bonds is 4. The van der Waals surface area contributed by atoms with Crippen LogP contribution in [-0.4, -0.2) is 27.4 Å². The molecule has 23 heavy (non-hydrogen) atoms. The quantitative estimate of drug-likeness (QED) is 0.396. The summed E-state index contributed by atoms with van der Waals surface area (Å²) in [5.41, 5.74) is 4.39. The van der Waals surface area contributed by atoms with Crippen molar-refractivity contribution >= 4 is 18.2 Å². The summed E-state index contributed by atoms with van der Waals surface area (Å²) in [6, 6.07) is 9.95. The first-order valence-electron chi connectivity index (χ1n) is 6.79. The third-order valence-corrected chi connectivity index (χ3v) is 3.02. The second-order valence-electron chi connectivity index (χ2n) is 4.85. The van der Waals surface area contributed by atoms with Gasteiger partial charge in [0.05, 0.1) is 0 Å². The van der Waals surface area contributed by atoms with Crippen molar-refractivity contribution in [2.75, 3.05) is 0 Å². The van der Waals surface area contributed by atoms with Crippen molar-refractivity contribution in [2.45, 2.75) is 6.92 Å². The molecule has 0 aliphatic heterocycles. The molecule has 2 aromatic rings. The zero-order valence-electron chi connectivity index (χ0n) is 12.4. The number of carbonyl (C=O) groups is 1. The fourth-order valence-corrected chi connectivity index (χ4v) is 1.77. The van der Waals surface area contributed by atoms with Gasteiger partial charge in [-0.05, 0) is 30.7 Å². The van der Waals surface area contributed by atoms with Crippen molar-refractivity contribution in [1.82, 2.24) is 5.43 Å². The highest BCUT2D eigenvalue weighted by molar-refractivity contribution is 5.96. The first-order valence-corrected chi connectivity index (χ1v) is 6.79. The maximum atomic E-state index is 11.8. The van der Waals surface area contributed by atoms with Crippen LogP contribution in [0.25, 0.3) is 6.08 Å². The van der Waals surface area contributed by atoms with Crippen molar-refractivity contribution in [3.63, 3.8) is 0 Å². The van der Waals surface area contributed by atoms with Gasteiger partial charge in [-0.1, -0.05) is 35.9 Å². The molecule has 118 valence electrons. The summed E-state index contributed by atoms with van der Waals surface area (Å²) in [7, 11) is 0. The lowest BCUT2D eigenvalue weighted by Crippen LogP contribution is -2.17. The van der Waals surface area contributed by atoms with Gasteiger partial charge in [0.15, 0.2) is 17.2 Å². The van der Waals surface area contributed by atoms with Crippen molar-refractivity contribution < 1.29 is 20.1 Å². The summed E-state index contributed by atoms with van der Waals surface area (Å²) < 4.78 is 0. The van der Waals surface area contributed by atoms with E-state index in [1.165, 1.54) is 11.8 Å². The molecule has 0 bridgehead atoms. The van der Waals surface area contributed by atoms with E-state index >= 15 is 0 Å². The Bertz CT molecular complexity index is 742. The van der Waals surface area contributed by atoms with Gasteiger partial charge in [0, 0.05) is 11.8 Å². The van der Waals surface area contributed by atoms with Gasteiger partial charge in [-0.2, -0.15) is 5.10 Å². The van der Waals surface area contributed by atoms with Crippen molar-refractivity contribution in [3.05, 3.63) is 59.2 Å². The first kappa shape index (κ1) is 16.1. The second-order valence-corrected chi connectivity index (χ2v) is 4.85. The van der Waals surface area contributed by atoms with Crippen LogP contribution in [0.15, 0.2) is 47.6 Å². The summed E-state index contributed by atoms with van der Waals surface area (Å²) in [4.78, 5) is 11.8. The van der Waals surface area contributed by atoms with Gasteiger partial charge in [-0.15, -0.1) is 0 Å². The Morgan fingerprint density at radius 1 is 1.09 bits per heavy atom. The van der Waals surface area contributed by atoms with Crippen molar-refractivity contribution in [3.8, 4) is 17.2 Å². The van der Waals surface area contributed by atoms with Gasteiger partial charge >= 0.3 is 0 Å². The molecular formula is C17H16N2O4. The highest BCUT2D eigenvalue weighted by Gasteiger charge is 2.12. The lowest BCUT2D eigenvalue weighted by molar-refractivity contribution is 0.0954. The number of amides is 1. The predicted octanol–water partition coefficient (Wildman–Crippen LogP) is 2.54. The fraction of sp³-hybridized carbons (Fsp3) is 0.0588. The van der Waals surface area contributed by atoms with Crippen LogP contribution in [0.4, 0.5) is 0 Å². The van der Waals surface area contributed by atoms with Gasteiger partial charge < -0.3 is 15.3 Å². The summed E-state index contributed by atoms with van der Waals surface area (Å²) in [5.74, 6) is -2.47. The van der Waals surface area contributed by atoms with E-state index in [1.54, 1.807) is 6.08 Å². The van der Waals surface area contributed by atoms with E-state index in [4.69, 9.17) is 0 Å². The molecule has 0 aromatic heterocycles. The normalized spacial score (nSPS) is 11.2. The number of carbonyl (C=O) groups excluding carboxylic acids is 1. The molecule has 0 saturated heterocycles. The lowest BCUT2D eigenvalue weighted by Gasteiger charge is -2.04. The average molecular weight is 312 g/mol. The number of phenols is 3. The maximum absolute atomic E-state index is 11.8. The molecule has 6 heteroatoms. The third-order valence-electron chi connectivity index (χ3n) is 3.02. The largest absolute Gasteiger partial charge is 0.504 e. The number of benzene rings is 2. The molecule has 4 N–H and O–H groups in total. The minimum absolute atomic E-state index is 0.0301. The Kier molecular flexibility index (Phi) is 4.99. The van der Waals surface area contributed by atoms with Gasteiger partial charge in [0.25, 0.3) is 5.91 Å². The maximum Gasteiger partial charge on any atom is 0.271 e. The molecule has 0 atom stereocenters. The van der Waals surface area contributed by atoms with Gasteiger partial charge in [-0.25, -0.2) is 5.43 Å². The molecule has 1 amide bonds. The number of hydrogen-bond donors (Lipinski definition) is 4. The number of hydrogen-bond acceptors (Lipinski definition) is 5. The second kappa shape index (κ2) is 7.13. The zero-order valence-corrected chi connectivity index (χ0v) is 12.4. The number of hydrazone groups is 1. The van der Waals surface area contributed by atoms with Crippen LogP contribution in [0.2, 0.25) is 0 Å². The van der Waals surface area contributed by atoms with Gasteiger partial charge in [0.2, 0.25) is 0 Å². The van der Waals surface area contributed by atoms with E-state index in [-0.39, 0.29) is 5.56 Å². The highest BCUT2D eigenvalue weighted by atomic mass is 16.3. The number of aryl methyl sites for hydroxylation is 1. The summed E-state index contributed by atoms with van der Waals surface area (Å²) in [6.45, 7) is 2.00. The van der Waals surface area contributed by atoms with Gasteiger partial charge in [-0.3, -0.25) is 4.79 Å². The van der Waals surface area contributed by atoms with Crippen LogP contribution in [0.1, 0.15) is 21.5 Å². The Labute approximate surface area is 133 Å². The molecule has 0 unspecified atom stereocenters. The minimum atomic E-state index is -0.675. The standard InChI is InChI=1S/C17H16N2O4/c1-11-4-6-12(7-5-11)3-2-8-18-19-17(23)13-9-14(20)16(22)15(21)10-13/h2-10,20-22H,1H3,(H,19,23)/b3-2+,18-8+. The predicted molar refractivity (Wildman–Crippen MR) is 87.6 cm³/mol. The van der Waals surface area contributed by atoms with E-state index in [2.05, 4.69) is 10.5 Å². The zero-order chi connectivity index (χ0) is 16.8. The number of aromatic hydroxyl groups is 3. The first-order chi connectivity index (χ1) is 11.0. The van der Waals surface area contributed by atoms with E-state index in [1.807, 2.05) is 37.3 Å². The minimum Gasteiger partial charge on any atom is -0.504 e. The molecule has 0 spiro atoms. The number of phenolic OH excluding ortho intramolecular Hbond substituents is 3. The van der Waals surface area contributed by atoms with E-state index in [0.717, 1.165) is 17.7 Å². The van der Waals surface area contributed by atoms with Gasteiger partial charge in [0.1, 0.15) is 0 Å². The molecule has 0 aliphatic carbocycles. The molecule has 0 saturated carbocycles. The van der Waals surface area contributed by atoms with E-state index in [0.29, 0.717) is 0 Å². The lowest BCUT2D eigenvalue weighted by atomic mass is 10.1. The Hall–Kier alpha value is -3.28. The Balaban J connectivity index is 1.95. The highest BCUT2D eigenvalue weighted by Crippen LogP contribution is 2.35. The SMILES string of the molecule is Cc1ccc(/C=C/C=N/NC(=O)c2cc(O)c(O)c(O)c2)cc1. The third kappa shape index (κ3) is 4.34. The molecule has 6 nitrogen and oxygen atoms in total. The van der Waals surface area contributed by atoms with Crippen molar-refractivity contribution in [1.29, 1.82) is 0 Å². The van der Waals surface area contributed by atoms with Crippen molar-refractivity contribution in [2.24, 2.45) is 5.10 Å². The van der Waals surface area contributed by atoms with Crippen LogP contribution in [0.3, 0.4) is 0 Å². The van der Waals surface area contributed by atoms with E-state index < -0.39 is 23.2 Å². The number of nitrogens with zero attached hydrogens (tertiary/aromatic N) is 1.